The number of para-hydroxylation sites is 2. The summed E-state index contributed by atoms with van der Waals surface area (Å²) in [5.74, 6) is 1.69. The second kappa shape index (κ2) is 23.0. The van der Waals surface area contributed by atoms with Crippen LogP contribution in [0.5, 0.6) is 23.0 Å². The zero-order valence-corrected chi connectivity index (χ0v) is 43.9. The summed E-state index contributed by atoms with van der Waals surface area (Å²) < 4.78 is 79.5. The number of aryl methyl sites for hydroxylation is 4. The van der Waals surface area contributed by atoms with Gasteiger partial charge in [0, 0.05) is 60.7 Å². The first-order chi connectivity index (χ1) is 35.3. The van der Waals surface area contributed by atoms with E-state index in [1.165, 1.54) is 67.1 Å². The highest BCUT2D eigenvalue weighted by Gasteiger charge is 2.36. The molecule has 0 bridgehead atoms. The van der Waals surface area contributed by atoms with Crippen LogP contribution in [0.2, 0.25) is 0 Å². The molecule has 0 spiro atoms. The Morgan fingerprint density at radius 2 is 0.811 bits per heavy atom. The molecule has 0 saturated carbocycles. The minimum absolute atomic E-state index is 0.0288. The Labute approximate surface area is 428 Å². The molecule has 0 fully saturated rings. The Morgan fingerprint density at radius 1 is 0.486 bits per heavy atom. The SMILES string of the molecule is COc1cccc(OC)c1-n1c(CS(=O)(=O)[C@@H](C)[C@@H](O)c2ncc(C)cn2)nnc1-c1cncc(C)c1.COc1cccc(OC)c1-n1c(CS(=O)(=O)[C@H](C)[C@H](O)c2ncc(C)cn2)nnc1-c1cncc(C)c1. The lowest BCUT2D eigenvalue weighted by molar-refractivity contribution is 0.165. The second-order valence-corrected chi connectivity index (χ2v) is 21.9. The number of benzene rings is 2. The minimum atomic E-state index is -3.97. The van der Waals surface area contributed by atoms with Crippen molar-refractivity contribution in [3.05, 3.63) is 144 Å². The van der Waals surface area contributed by atoms with Crippen LogP contribution in [0.15, 0.2) is 98.1 Å². The molecule has 0 unspecified atom stereocenters. The Bertz CT molecular complexity index is 3190. The summed E-state index contributed by atoms with van der Waals surface area (Å²) in [6.07, 6.45) is 9.89. The molecule has 4 atom stereocenters. The second-order valence-electron chi connectivity index (χ2n) is 17.2. The van der Waals surface area contributed by atoms with Gasteiger partial charge in [0.1, 0.15) is 58.1 Å². The van der Waals surface area contributed by atoms with Crippen LogP contribution in [0.1, 0.15) is 71.6 Å². The summed E-state index contributed by atoms with van der Waals surface area (Å²) in [4.78, 5) is 24.8. The van der Waals surface area contributed by atoms with Crippen molar-refractivity contribution in [1.29, 1.82) is 0 Å². The maximum absolute atomic E-state index is 13.5. The summed E-state index contributed by atoms with van der Waals surface area (Å²) >= 11 is 0. The number of sulfone groups is 2. The number of methoxy groups -OCH3 is 4. The lowest BCUT2D eigenvalue weighted by Crippen LogP contribution is -2.29. The summed E-state index contributed by atoms with van der Waals surface area (Å²) in [6.45, 7) is 10.2. The smallest absolute Gasteiger partial charge is 0.170 e. The Kier molecular flexibility index (Phi) is 16.7. The van der Waals surface area contributed by atoms with Gasteiger partial charge in [-0.25, -0.2) is 36.8 Å². The van der Waals surface area contributed by atoms with Crippen LogP contribution in [0.25, 0.3) is 34.2 Å². The quantitative estimate of drug-likeness (QED) is 0.106. The first kappa shape index (κ1) is 54.0. The van der Waals surface area contributed by atoms with Gasteiger partial charge in [-0.2, -0.15) is 0 Å². The Hall–Kier alpha value is -7.80. The topological polar surface area (TPSA) is 284 Å². The largest absolute Gasteiger partial charge is 0.494 e. The van der Waals surface area contributed by atoms with Crippen LogP contribution in [-0.2, 0) is 31.2 Å². The van der Waals surface area contributed by atoms with Gasteiger partial charge in [-0.15, -0.1) is 20.4 Å². The van der Waals surface area contributed by atoms with E-state index in [0.29, 0.717) is 57.1 Å². The van der Waals surface area contributed by atoms with Crippen molar-refractivity contribution in [2.45, 2.75) is 75.8 Å². The van der Waals surface area contributed by atoms with Crippen LogP contribution in [0.3, 0.4) is 0 Å². The van der Waals surface area contributed by atoms with Gasteiger partial charge in [-0.3, -0.25) is 19.1 Å². The van der Waals surface area contributed by atoms with E-state index < -0.39 is 53.9 Å². The fraction of sp³-hybridized carbons (Fsp3) is 0.320. The van der Waals surface area contributed by atoms with Crippen molar-refractivity contribution >= 4 is 19.7 Å². The summed E-state index contributed by atoms with van der Waals surface area (Å²) in [5, 5.41) is 36.2. The average Bonchev–Trinajstić information content (AvgIpc) is 4.00. The molecule has 22 nitrogen and oxygen atoms in total. The number of rotatable bonds is 18. The van der Waals surface area contributed by atoms with Crippen molar-refractivity contribution in [1.82, 2.24) is 59.4 Å². The van der Waals surface area contributed by atoms with Crippen molar-refractivity contribution in [2.75, 3.05) is 28.4 Å². The van der Waals surface area contributed by atoms with Crippen LogP contribution < -0.4 is 18.9 Å². The van der Waals surface area contributed by atoms with E-state index in [-0.39, 0.29) is 23.3 Å². The van der Waals surface area contributed by atoms with Gasteiger partial charge < -0.3 is 29.2 Å². The van der Waals surface area contributed by atoms with E-state index in [9.17, 15) is 27.0 Å². The highest BCUT2D eigenvalue weighted by atomic mass is 32.2. The monoisotopic (exact) mass is 1050 g/mol. The predicted octanol–water partition coefficient (Wildman–Crippen LogP) is 5.58. The number of aliphatic hydroxyl groups is 2. The van der Waals surface area contributed by atoms with Crippen molar-refractivity contribution in [2.24, 2.45) is 0 Å². The van der Waals surface area contributed by atoms with E-state index in [1.54, 1.807) is 84.2 Å². The molecule has 388 valence electrons. The van der Waals surface area contributed by atoms with Crippen LogP contribution in [0.4, 0.5) is 0 Å². The molecule has 0 aliphatic heterocycles. The number of pyridine rings is 2. The zero-order valence-electron chi connectivity index (χ0n) is 42.3. The molecule has 74 heavy (non-hydrogen) atoms. The molecule has 6 aromatic heterocycles. The third kappa shape index (κ3) is 11.7. The first-order valence-electron chi connectivity index (χ1n) is 22.8. The zero-order chi connectivity index (χ0) is 53.5. The van der Waals surface area contributed by atoms with E-state index in [4.69, 9.17) is 18.9 Å². The van der Waals surface area contributed by atoms with E-state index >= 15 is 0 Å². The lowest BCUT2D eigenvalue weighted by atomic mass is 10.2. The number of hydrogen-bond acceptors (Lipinski definition) is 20. The molecule has 6 heterocycles. The molecule has 0 radical (unpaired) electrons. The van der Waals surface area contributed by atoms with Gasteiger partial charge in [-0.1, -0.05) is 12.1 Å². The predicted molar refractivity (Wildman–Crippen MR) is 272 cm³/mol. The van der Waals surface area contributed by atoms with E-state index in [2.05, 4.69) is 50.3 Å². The Balaban J connectivity index is 0.000000216. The fourth-order valence-corrected chi connectivity index (χ4v) is 10.3. The Morgan fingerprint density at radius 3 is 1.11 bits per heavy atom. The number of nitrogens with zero attached hydrogens (tertiary/aromatic N) is 12. The summed E-state index contributed by atoms with van der Waals surface area (Å²) in [5.41, 5.74) is 5.51. The first-order valence-corrected chi connectivity index (χ1v) is 26.3. The van der Waals surface area contributed by atoms with Crippen LogP contribution >= 0.6 is 0 Å². The van der Waals surface area contributed by atoms with Crippen molar-refractivity contribution in [3.8, 4) is 57.1 Å². The van der Waals surface area contributed by atoms with Crippen LogP contribution in [-0.4, -0.2) is 125 Å². The number of hydrogen-bond donors (Lipinski definition) is 2. The van der Waals surface area contributed by atoms with Gasteiger partial charge in [0.05, 0.1) is 38.9 Å². The van der Waals surface area contributed by atoms with E-state index in [1.807, 2.05) is 26.0 Å². The molecule has 0 amide bonds. The number of aromatic nitrogens is 12. The van der Waals surface area contributed by atoms with E-state index in [0.717, 1.165) is 22.3 Å². The van der Waals surface area contributed by atoms with Gasteiger partial charge in [0.2, 0.25) is 0 Å². The summed E-state index contributed by atoms with van der Waals surface area (Å²) in [6, 6.07) is 14.2. The summed E-state index contributed by atoms with van der Waals surface area (Å²) in [7, 11) is -1.91. The van der Waals surface area contributed by atoms with Gasteiger partial charge in [0.25, 0.3) is 0 Å². The number of aliphatic hydroxyl groups excluding tert-OH is 2. The third-order valence-electron chi connectivity index (χ3n) is 11.8. The third-order valence-corrected chi connectivity index (χ3v) is 15.9. The molecule has 0 saturated heterocycles. The molecule has 8 aromatic rings. The average molecular weight is 1050 g/mol. The molecular weight excluding hydrogens is 993 g/mol. The van der Waals surface area contributed by atoms with Crippen molar-refractivity contribution < 1.29 is 46.0 Å². The molecule has 8 rings (SSSR count). The fourth-order valence-electron chi connectivity index (χ4n) is 7.67. The van der Waals surface area contributed by atoms with Crippen molar-refractivity contribution in [3.63, 3.8) is 0 Å². The maximum atomic E-state index is 13.5. The highest BCUT2D eigenvalue weighted by molar-refractivity contribution is 7.91. The molecule has 0 aliphatic carbocycles. The molecule has 2 aromatic carbocycles. The lowest BCUT2D eigenvalue weighted by Gasteiger charge is -2.20. The van der Waals surface area contributed by atoms with Crippen LogP contribution in [0, 0.1) is 27.7 Å². The normalized spacial score (nSPS) is 13.2. The molecule has 2 N–H and O–H groups in total. The van der Waals surface area contributed by atoms with Gasteiger partial charge >= 0.3 is 0 Å². The van der Waals surface area contributed by atoms with Gasteiger partial charge in [-0.05, 0) is 100 Å². The standard InChI is InChI=1S/2C25H28N6O5S/c2*1-15-9-18(13-26-10-15)25-30-29-21(31(25)22-19(35-4)7-6-8-20(22)36-5)14-37(33,34)17(3)23(32)24-27-11-16(2)12-28-24/h2*6-13,17,23,32H,14H2,1-5H3/t2*17-,23+/m10/s1. The molecular formula is C50H56N12O10S2. The van der Waals surface area contributed by atoms with Gasteiger partial charge in [0.15, 0.2) is 54.6 Å². The molecule has 24 heteroatoms. The number of ether oxygens (including phenoxy) is 4. The maximum Gasteiger partial charge on any atom is 0.170 e. The molecule has 0 aliphatic rings. The highest BCUT2D eigenvalue weighted by Crippen LogP contribution is 2.39. The minimum Gasteiger partial charge on any atom is -0.494 e.